The molecule has 2 aromatic rings. The number of nitriles is 1. The van der Waals surface area contributed by atoms with Crippen molar-refractivity contribution in [3.8, 4) is 16.6 Å². The average molecular weight is 354 g/mol. The number of hydrogen-bond acceptors (Lipinski definition) is 5. The van der Waals surface area contributed by atoms with Gasteiger partial charge in [-0.05, 0) is 25.5 Å². The van der Waals surface area contributed by atoms with Crippen LogP contribution in [0.3, 0.4) is 0 Å². The lowest BCUT2D eigenvalue weighted by atomic mass is 10.1. The number of carbonyl (C=O) groups is 1. The van der Waals surface area contributed by atoms with Gasteiger partial charge in [0.15, 0.2) is 0 Å². The number of rotatable bonds is 5. The van der Waals surface area contributed by atoms with Crippen LogP contribution in [-0.4, -0.2) is 17.6 Å². The van der Waals surface area contributed by atoms with Crippen LogP contribution in [0, 0.1) is 18.3 Å². The predicted octanol–water partition coefficient (Wildman–Crippen LogP) is 4.60. The summed E-state index contributed by atoms with van der Waals surface area (Å²) >= 11 is 1.07. The summed E-state index contributed by atoms with van der Waals surface area (Å²) in [5.41, 5.74) is 0.219. The van der Waals surface area contributed by atoms with Crippen molar-refractivity contribution in [1.29, 1.82) is 5.26 Å². The molecule has 126 valence electrons. The van der Waals surface area contributed by atoms with E-state index in [0.717, 1.165) is 23.5 Å². The fourth-order valence-electron chi connectivity index (χ4n) is 1.89. The predicted molar refractivity (Wildman–Crippen MR) is 82.4 cm³/mol. The Hall–Kier alpha value is -2.40. The third kappa shape index (κ3) is 4.32. The number of aromatic nitrogens is 1. The Kier molecular flexibility index (Phi) is 5.57. The number of halogens is 3. The van der Waals surface area contributed by atoms with Crippen molar-refractivity contribution < 1.29 is 22.7 Å². The standard InChI is InChI=1S/C16H13F3N2O2S/c1-10-13(15(22)23-9-3-2-8-20)24-14(21-10)11-4-6-12(7-5-11)16(17,18)19/h4-7H,2-3,9H2,1H3. The van der Waals surface area contributed by atoms with Crippen LogP contribution in [0.2, 0.25) is 0 Å². The number of ether oxygens (including phenoxy) is 1. The van der Waals surface area contributed by atoms with Gasteiger partial charge in [-0.25, -0.2) is 9.78 Å². The number of alkyl halides is 3. The Labute approximate surface area is 140 Å². The lowest BCUT2D eigenvalue weighted by molar-refractivity contribution is -0.137. The first-order chi connectivity index (χ1) is 11.3. The molecule has 1 heterocycles. The second-order valence-corrected chi connectivity index (χ2v) is 5.91. The van der Waals surface area contributed by atoms with Crippen LogP contribution in [0.1, 0.15) is 33.8 Å². The molecule has 0 unspecified atom stereocenters. The highest BCUT2D eigenvalue weighted by molar-refractivity contribution is 7.17. The van der Waals surface area contributed by atoms with Crippen LogP contribution in [0.25, 0.3) is 10.6 Å². The van der Waals surface area contributed by atoms with Crippen molar-refractivity contribution in [3.05, 3.63) is 40.4 Å². The van der Waals surface area contributed by atoms with Crippen molar-refractivity contribution in [1.82, 2.24) is 4.98 Å². The fraction of sp³-hybridized carbons (Fsp3) is 0.312. The Morgan fingerprint density at radius 2 is 2.00 bits per heavy atom. The summed E-state index contributed by atoms with van der Waals surface area (Å²) in [7, 11) is 0. The second-order valence-electron chi connectivity index (χ2n) is 4.91. The molecule has 0 saturated carbocycles. The molecule has 0 saturated heterocycles. The molecule has 0 amide bonds. The number of thiazole rings is 1. The zero-order valence-corrected chi connectivity index (χ0v) is 13.5. The molecule has 0 radical (unpaired) electrons. The highest BCUT2D eigenvalue weighted by Crippen LogP contribution is 2.33. The van der Waals surface area contributed by atoms with Crippen molar-refractivity contribution in [3.63, 3.8) is 0 Å². The molecule has 0 atom stereocenters. The van der Waals surface area contributed by atoms with Gasteiger partial charge in [-0.1, -0.05) is 12.1 Å². The van der Waals surface area contributed by atoms with E-state index < -0.39 is 17.7 Å². The monoisotopic (exact) mass is 354 g/mol. The third-order valence-corrected chi connectivity index (χ3v) is 4.29. The van der Waals surface area contributed by atoms with Crippen LogP contribution < -0.4 is 0 Å². The third-order valence-electron chi connectivity index (χ3n) is 3.11. The normalized spacial score (nSPS) is 11.1. The Morgan fingerprint density at radius 1 is 1.33 bits per heavy atom. The minimum absolute atomic E-state index is 0.138. The van der Waals surface area contributed by atoms with Gasteiger partial charge in [0.2, 0.25) is 0 Å². The first-order valence-electron chi connectivity index (χ1n) is 7.02. The highest BCUT2D eigenvalue weighted by Gasteiger charge is 2.30. The molecule has 8 heteroatoms. The molecule has 24 heavy (non-hydrogen) atoms. The quantitative estimate of drug-likeness (QED) is 0.582. The smallest absolute Gasteiger partial charge is 0.416 e. The molecule has 4 nitrogen and oxygen atoms in total. The molecule has 0 aliphatic carbocycles. The zero-order chi connectivity index (χ0) is 17.7. The first kappa shape index (κ1) is 17.9. The van der Waals surface area contributed by atoms with Crippen molar-refractivity contribution >= 4 is 17.3 Å². The molecule has 0 spiro atoms. The van der Waals surface area contributed by atoms with Gasteiger partial charge in [-0.3, -0.25) is 0 Å². The van der Waals surface area contributed by atoms with E-state index in [0.29, 0.717) is 34.0 Å². The highest BCUT2D eigenvalue weighted by atomic mass is 32.1. The van der Waals surface area contributed by atoms with E-state index in [9.17, 15) is 18.0 Å². The van der Waals surface area contributed by atoms with Gasteiger partial charge < -0.3 is 4.74 Å². The van der Waals surface area contributed by atoms with Gasteiger partial charge in [-0.2, -0.15) is 18.4 Å². The number of benzene rings is 1. The molecule has 0 aliphatic heterocycles. The van der Waals surface area contributed by atoms with E-state index in [4.69, 9.17) is 10.00 Å². The SMILES string of the molecule is Cc1nc(-c2ccc(C(F)(F)F)cc2)sc1C(=O)OCCCC#N. The van der Waals surface area contributed by atoms with E-state index in [1.54, 1.807) is 6.92 Å². The largest absolute Gasteiger partial charge is 0.461 e. The Morgan fingerprint density at radius 3 is 2.58 bits per heavy atom. The van der Waals surface area contributed by atoms with Crippen LogP contribution >= 0.6 is 11.3 Å². The van der Waals surface area contributed by atoms with Gasteiger partial charge in [0.25, 0.3) is 0 Å². The first-order valence-corrected chi connectivity index (χ1v) is 7.83. The summed E-state index contributed by atoms with van der Waals surface area (Å²) in [6, 6.07) is 6.55. The maximum Gasteiger partial charge on any atom is 0.416 e. The molecule has 0 aliphatic rings. The summed E-state index contributed by atoms with van der Waals surface area (Å²) in [5.74, 6) is -0.541. The minimum atomic E-state index is -4.39. The number of esters is 1. The lowest BCUT2D eigenvalue weighted by Crippen LogP contribution is -2.05. The van der Waals surface area contributed by atoms with E-state index >= 15 is 0 Å². The lowest BCUT2D eigenvalue weighted by Gasteiger charge is -2.06. The fourth-order valence-corrected chi connectivity index (χ4v) is 2.86. The van der Waals surface area contributed by atoms with Crippen LogP contribution in [0.15, 0.2) is 24.3 Å². The minimum Gasteiger partial charge on any atom is -0.461 e. The summed E-state index contributed by atoms with van der Waals surface area (Å²) in [4.78, 5) is 16.5. The van der Waals surface area contributed by atoms with Gasteiger partial charge in [-0.15, -0.1) is 11.3 Å². The van der Waals surface area contributed by atoms with Crippen molar-refractivity contribution in [2.75, 3.05) is 6.61 Å². The average Bonchev–Trinajstić information content (AvgIpc) is 2.93. The maximum absolute atomic E-state index is 12.6. The molecule has 1 aromatic heterocycles. The van der Waals surface area contributed by atoms with Crippen molar-refractivity contribution in [2.24, 2.45) is 0 Å². The molecule has 0 bridgehead atoms. The number of carbonyl (C=O) groups excluding carboxylic acids is 1. The summed E-state index contributed by atoms with van der Waals surface area (Å²) in [6.07, 6.45) is -3.65. The van der Waals surface area contributed by atoms with E-state index in [2.05, 4.69) is 4.98 Å². The number of nitrogens with zero attached hydrogens (tertiary/aromatic N) is 2. The number of unbranched alkanes of at least 4 members (excludes halogenated alkanes) is 1. The van der Waals surface area contributed by atoms with Gasteiger partial charge in [0.1, 0.15) is 9.88 Å². The van der Waals surface area contributed by atoms with Crippen molar-refractivity contribution in [2.45, 2.75) is 25.9 Å². The van der Waals surface area contributed by atoms with E-state index in [1.807, 2.05) is 6.07 Å². The molecule has 2 rings (SSSR count). The Balaban J connectivity index is 2.13. The van der Waals surface area contributed by atoms with E-state index in [-0.39, 0.29) is 6.61 Å². The summed E-state index contributed by atoms with van der Waals surface area (Å²) in [5, 5.41) is 8.87. The topological polar surface area (TPSA) is 63.0 Å². The zero-order valence-electron chi connectivity index (χ0n) is 12.7. The number of hydrogen-bond donors (Lipinski definition) is 0. The molecule has 0 N–H and O–H groups in total. The molecule has 0 fully saturated rings. The van der Waals surface area contributed by atoms with Crippen LogP contribution in [0.4, 0.5) is 13.2 Å². The van der Waals surface area contributed by atoms with Crippen LogP contribution in [-0.2, 0) is 10.9 Å². The summed E-state index contributed by atoms with van der Waals surface area (Å²) < 4.78 is 42.8. The van der Waals surface area contributed by atoms with Gasteiger partial charge >= 0.3 is 12.1 Å². The Bertz CT molecular complexity index is 761. The van der Waals surface area contributed by atoms with Crippen LogP contribution in [0.5, 0.6) is 0 Å². The maximum atomic E-state index is 12.6. The molecule has 1 aromatic carbocycles. The van der Waals surface area contributed by atoms with Gasteiger partial charge in [0, 0.05) is 12.0 Å². The van der Waals surface area contributed by atoms with Gasteiger partial charge in [0.05, 0.1) is 23.9 Å². The number of aryl methyl sites for hydroxylation is 1. The second kappa shape index (κ2) is 7.45. The summed E-state index contributed by atoms with van der Waals surface area (Å²) in [6.45, 7) is 1.77. The van der Waals surface area contributed by atoms with E-state index in [1.165, 1.54) is 12.1 Å². The molecular formula is C16H13F3N2O2S. The molecular weight excluding hydrogens is 341 g/mol.